The Morgan fingerprint density at radius 2 is 1.50 bits per heavy atom. The van der Waals surface area contributed by atoms with Gasteiger partial charge < -0.3 is 24.8 Å². The number of ether oxygens (including phenoxy) is 2. The highest BCUT2D eigenvalue weighted by atomic mass is 16.6. The van der Waals surface area contributed by atoms with Crippen LogP contribution < -0.4 is 0 Å². The van der Waals surface area contributed by atoms with Gasteiger partial charge in [0.1, 0.15) is 19.3 Å². The predicted octanol–water partition coefficient (Wildman–Crippen LogP) is 3.87. The molecule has 0 fully saturated rings. The Balaban J connectivity index is 3.89. The fourth-order valence-corrected chi connectivity index (χ4v) is 2.43. The van der Waals surface area contributed by atoms with E-state index in [1.54, 1.807) is 30.4 Å². The molecule has 0 aliphatic heterocycles. The third kappa shape index (κ3) is 22.5. The molecular weight excluding hydrogens is 436 g/mol. The molecule has 7 nitrogen and oxygen atoms in total. The van der Waals surface area contributed by atoms with E-state index in [1.165, 1.54) is 6.92 Å². The number of aliphatic hydroxyl groups excluding tert-OH is 3. The van der Waals surface area contributed by atoms with Crippen molar-refractivity contribution in [1.82, 2.24) is 0 Å². The minimum atomic E-state index is -1.03. The molecule has 34 heavy (non-hydrogen) atoms. The first-order chi connectivity index (χ1) is 16.3. The summed E-state index contributed by atoms with van der Waals surface area (Å²) in [6.45, 7) is 2.87. The number of unbranched alkanes of at least 4 members (excludes halogenated alkanes) is 1. The summed E-state index contributed by atoms with van der Waals surface area (Å²) in [6, 6.07) is 0. The molecule has 0 radical (unpaired) electrons. The number of hydrogen-bond acceptors (Lipinski definition) is 7. The van der Waals surface area contributed by atoms with Crippen molar-refractivity contribution < 1.29 is 34.4 Å². The van der Waals surface area contributed by atoms with Crippen molar-refractivity contribution in [1.29, 1.82) is 0 Å². The lowest BCUT2D eigenvalue weighted by Crippen LogP contribution is -2.24. The van der Waals surface area contributed by atoms with E-state index in [2.05, 4.69) is 11.7 Å². The molecule has 0 spiro atoms. The number of esters is 2. The van der Waals surface area contributed by atoms with Gasteiger partial charge in [0.15, 0.2) is 0 Å². The fraction of sp³-hybridized carbons (Fsp3) is 0.481. The minimum Gasteiger partial charge on any atom is -0.463 e. The molecule has 0 aliphatic rings. The summed E-state index contributed by atoms with van der Waals surface area (Å²) < 4.78 is 9.52. The van der Waals surface area contributed by atoms with Crippen LogP contribution in [-0.2, 0) is 19.1 Å². The van der Waals surface area contributed by atoms with Gasteiger partial charge in [-0.3, -0.25) is 9.59 Å². The topological polar surface area (TPSA) is 113 Å². The Hall–Kier alpha value is -2.74. The number of allylic oxidation sites excluding steroid dienone is 8. The van der Waals surface area contributed by atoms with Gasteiger partial charge in [0.2, 0.25) is 0 Å². The summed E-state index contributed by atoms with van der Waals surface area (Å²) in [5.41, 5.74) is 0. The maximum atomic E-state index is 11.6. The van der Waals surface area contributed by atoms with Crippen molar-refractivity contribution in [2.24, 2.45) is 0 Å². The zero-order chi connectivity index (χ0) is 25.4. The Morgan fingerprint density at radius 3 is 2.18 bits per heavy atom. The molecule has 0 heterocycles. The lowest BCUT2D eigenvalue weighted by molar-refractivity contribution is -0.151. The number of carbonyl (C=O) groups excluding carboxylic acids is 2. The van der Waals surface area contributed by atoms with Crippen molar-refractivity contribution in [2.75, 3.05) is 13.2 Å². The van der Waals surface area contributed by atoms with E-state index in [1.807, 2.05) is 42.5 Å². The molecule has 3 atom stereocenters. The van der Waals surface area contributed by atoms with Crippen LogP contribution in [-0.4, -0.2) is 58.8 Å². The molecule has 0 aromatic heterocycles. The number of rotatable bonds is 18. The largest absolute Gasteiger partial charge is 0.463 e. The maximum Gasteiger partial charge on any atom is 0.305 e. The van der Waals surface area contributed by atoms with Crippen LogP contribution in [0.25, 0.3) is 0 Å². The summed E-state index contributed by atoms with van der Waals surface area (Å²) in [6.07, 6.45) is 23.6. The Bertz CT molecular complexity index is 716. The zero-order valence-electron chi connectivity index (χ0n) is 20.3. The van der Waals surface area contributed by atoms with Gasteiger partial charge in [0, 0.05) is 13.3 Å². The molecular formula is C27H40O7. The third-order valence-corrected chi connectivity index (χ3v) is 4.19. The summed E-state index contributed by atoms with van der Waals surface area (Å²) in [5, 5.41) is 29.1. The highest BCUT2D eigenvalue weighted by molar-refractivity contribution is 5.69. The molecule has 0 bridgehead atoms. The van der Waals surface area contributed by atoms with Crippen molar-refractivity contribution in [3.63, 3.8) is 0 Å². The van der Waals surface area contributed by atoms with E-state index >= 15 is 0 Å². The average molecular weight is 477 g/mol. The van der Waals surface area contributed by atoms with Crippen LogP contribution in [0, 0.1) is 0 Å². The quantitative estimate of drug-likeness (QED) is 0.119. The maximum absolute atomic E-state index is 11.6. The minimum absolute atomic E-state index is 0.191. The second-order valence-corrected chi connectivity index (χ2v) is 7.49. The van der Waals surface area contributed by atoms with E-state index in [0.29, 0.717) is 19.3 Å². The number of aliphatic hydroxyl groups is 3. The van der Waals surface area contributed by atoms with Gasteiger partial charge in [-0.05, 0) is 32.1 Å². The summed E-state index contributed by atoms with van der Waals surface area (Å²) in [5.74, 6) is -0.944. The van der Waals surface area contributed by atoms with E-state index in [0.717, 1.165) is 12.8 Å². The van der Waals surface area contributed by atoms with E-state index in [4.69, 9.17) is 4.74 Å². The van der Waals surface area contributed by atoms with Gasteiger partial charge in [0.05, 0.1) is 12.2 Å². The first-order valence-corrected chi connectivity index (χ1v) is 11.7. The van der Waals surface area contributed by atoms with Gasteiger partial charge in [-0.25, -0.2) is 0 Å². The van der Waals surface area contributed by atoms with Crippen molar-refractivity contribution >= 4 is 11.9 Å². The molecule has 7 heteroatoms. The Kier molecular flexibility index (Phi) is 20.3. The van der Waals surface area contributed by atoms with Crippen LogP contribution in [0.3, 0.4) is 0 Å². The number of carbonyl (C=O) groups is 2. The standard InChI is InChI=1S/C27H40O7/c1-3-4-11-16-24(29)17-12-8-6-5-7-9-13-18-25(30)19-14-10-15-20-27(32)34-22-26(31)21-33-23(2)28/h4,6-9,11-14,17-19,24-26,29-31H,3,5,10,15-16,20-22H2,1-2H3/b8-6-,9-7-,11-4-,17-12+,18-13+,19-14-/t24-,25-,26+/m1/s1. The average Bonchev–Trinajstić information content (AvgIpc) is 2.80. The summed E-state index contributed by atoms with van der Waals surface area (Å²) in [4.78, 5) is 22.2. The molecule has 0 aromatic rings. The summed E-state index contributed by atoms with van der Waals surface area (Å²) >= 11 is 0. The van der Waals surface area contributed by atoms with Crippen molar-refractivity contribution in [3.05, 3.63) is 72.9 Å². The van der Waals surface area contributed by atoms with E-state index in [9.17, 15) is 24.9 Å². The van der Waals surface area contributed by atoms with Gasteiger partial charge in [-0.1, -0.05) is 79.8 Å². The van der Waals surface area contributed by atoms with Gasteiger partial charge in [-0.15, -0.1) is 0 Å². The second kappa shape index (κ2) is 22.1. The van der Waals surface area contributed by atoms with E-state index in [-0.39, 0.29) is 19.6 Å². The number of hydrogen-bond donors (Lipinski definition) is 3. The smallest absolute Gasteiger partial charge is 0.305 e. The molecule has 0 saturated heterocycles. The lowest BCUT2D eigenvalue weighted by Gasteiger charge is -2.10. The van der Waals surface area contributed by atoms with Crippen LogP contribution >= 0.6 is 0 Å². The van der Waals surface area contributed by atoms with Crippen LogP contribution in [0.1, 0.15) is 52.4 Å². The van der Waals surface area contributed by atoms with E-state index < -0.39 is 30.3 Å². The lowest BCUT2D eigenvalue weighted by atomic mass is 10.2. The van der Waals surface area contributed by atoms with Crippen LogP contribution in [0.5, 0.6) is 0 Å². The zero-order valence-corrected chi connectivity index (χ0v) is 20.3. The molecule has 0 unspecified atom stereocenters. The van der Waals surface area contributed by atoms with Gasteiger partial charge in [0.25, 0.3) is 0 Å². The van der Waals surface area contributed by atoms with Gasteiger partial charge >= 0.3 is 11.9 Å². The molecule has 0 rings (SSSR count). The highest BCUT2D eigenvalue weighted by Crippen LogP contribution is 2.02. The van der Waals surface area contributed by atoms with Crippen LogP contribution in [0.4, 0.5) is 0 Å². The molecule has 0 amide bonds. The fourth-order valence-electron chi connectivity index (χ4n) is 2.43. The Morgan fingerprint density at radius 1 is 0.824 bits per heavy atom. The normalized spacial score (nSPS) is 15.3. The molecule has 0 aromatic carbocycles. The monoisotopic (exact) mass is 476 g/mol. The molecule has 0 saturated carbocycles. The molecule has 190 valence electrons. The first kappa shape index (κ1) is 31.3. The van der Waals surface area contributed by atoms with Crippen molar-refractivity contribution in [3.8, 4) is 0 Å². The second-order valence-electron chi connectivity index (χ2n) is 7.49. The summed E-state index contributed by atoms with van der Waals surface area (Å²) in [7, 11) is 0. The van der Waals surface area contributed by atoms with Gasteiger partial charge in [-0.2, -0.15) is 0 Å². The molecule has 0 aliphatic carbocycles. The van der Waals surface area contributed by atoms with Crippen LogP contribution in [0.2, 0.25) is 0 Å². The first-order valence-electron chi connectivity index (χ1n) is 11.7. The Labute approximate surface area is 203 Å². The highest BCUT2D eigenvalue weighted by Gasteiger charge is 2.10. The predicted molar refractivity (Wildman–Crippen MR) is 134 cm³/mol. The van der Waals surface area contributed by atoms with Crippen LogP contribution in [0.15, 0.2) is 72.9 Å². The SMILES string of the molecule is CC/C=C\C[C@@H](O)/C=C/C=C\C/C=C\C=C\[C@@H](O)/C=C\CCCC(=O)OC[C@@H](O)COC(C)=O. The van der Waals surface area contributed by atoms with Crippen molar-refractivity contribution in [2.45, 2.75) is 70.7 Å². The molecule has 3 N–H and O–H groups in total. The third-order valence-electron chi connectivity index (χ3n) is 4.19.